The highest BCUT2D eigenvalue weighted by atomic mass is 16.5. The second-order valence-electron chi connectivity index (χ2n) is 4.48. The molecule has 0 spiro atoms. The Morgan fingerprint density at radius 3 is 3.06 bits per heavy atom. The summed E-state index contributed by atoms with van der Waals surface area (Å²) < 4.78 is 5.19. The van der Waals surface area contributed by atoms with Crippen molar-refractivity contribution in [2.45, 2.75) is 12.8 Å². The molecule has 0 aliphatic carbocycles. The molecule has 1 aliphatic rings. The molecule has 1 heterocycles. The van der Waals surface area contributed by atoms with Crippen LogP contribution in [0.1, 0.15) is 18.4 Å². The van der Waals surface area contributed by atoms with Crippen LogP contribution < -0.4 is 9.64 Å². The van der Waals surface area contributed by atoms with E-state index in [0.717, 1.165) is 37.1 Å². The summed E-state index contributed by atoms with van der Waals surface area (Å²) in [5, 5.41) is 9.15. The van der Waals surface area contributed by atoms with Crippen LogP contribution in [-0.2, 0) is 4.79 Å². The predicted octanol–water partition coefficient (Wildman–Crippen LogP) is 1.98. The smallest absolute Gasteiger partial charge is 0.124 e. The molecular weight excluding hydrogens is 228 g/mol. The van der Waals surface area contributed by atoms with E-state index in [4.69, 9.17) is 10.00 Å². The number of piperidine rings is 1. The topological polar surface area (TPSA) is 53.3 Å². The van der Waals surface area contributed by atoms with E-state index in [-0.39, 0.29) is 5.92 Å². The Morgan fingerprint density at radius 1 is 1.56 bits per heavy atom. The highest BCUT2D eigenvalue weighted by Gasteiger charge is 2.21. The van der Waals surface area contributed by atoms with Crippen LogP contribution in [0.2, 0.25) is 0 Å². The largest absolute Gasteiger partial charge is 0.497 e. The molecule has 1 fully saturated rings. The lowest BCUT2D eigenvalue weighted by atomic mass is 9.98. The third-order valence-electron chi connectivity index (χ3n) is 3.32. The first-order valence-corrected chi connectivity index (χ1v) is 6.07. The van der Waals surface area contributed by atoms with E-state index in [1.807, 2.05) is 6.07 Å². The van der Waals surface area contributed by atoms with Crippen molar-refractivity contribution in [1.29, 1.82) is 5.26 Å². The first-order valence-electron chi connectivity index (χ1n) is 6.07. The van der Waals surface area contributed by atoms with Gasteiger partial charge in [0.15, 0.2) is 0 Å². The number of anilines is 1. The SMILES string of the molecule is COc1ccc(C#N)c(N2CCCC(C=O)C2)c1. The Hall–Kier alpha value is -2.02. The minimum absolute atomic E-state index is 0.0662. The number of nitriles is 1. The molecule has 1 saturated heterocycles. The zero-order valence-corrected chi connectivity index (χ0v) is 10.4. The maximum atomic E-state index is 10.9. The fraction of sp³-hybridized carbons (Fsp3) is 0.429. The molecule has 1 atom stereocenters. The molecule has 94 valence electrons. The van der Waals surface area contributed by atoms with Gasteiger partial charge < -0.3 is 14.4 Å². The summed E-state index contributed by atoms with van der Waals surface area (Å²) >= 11 is 0. The summed E-state index contributed by atoms with van der Waals surface area (Å²) in [7, 11) is 1.61. The van der Waals surface area contributed by atoms with Gasteiger partial charge in [-0.25, -0.2) is 0 Å². The number of carbonyl (C=O) groups excluding carboxylic acids is 1. The Kier molecular flexibility index (Phi) is 3.83. The highest BCUT2D eigenvalue weighted by molar-refractivity contribution is 5.64. The quantitative estimate of drug-likeness (QED) is 0.763. The number of hydrogen-bond acceptors (Lipinski definition) is 4. The van der Waals surface area contributed by atoms with Gasteiger partial charge in [0.05, 0.1) is 18.4 Å². The Bertz CT molecular complexity index is 479. The summed E-state index contributed by atoms with van der Waals surface area (Å²) in [6.45, 7) is 1.57. The van der Waals surface area contributed by atoms with Gasteiger partial charge in [-0.05, 0) is 25.0 Å². The van der Waals surface area contributed by atoms with Crippen LogP contribution in [0.15, 0.2) is 18.2 Å². The fourth-order valence-corrected chi connectivity index (χ4v) is 2.33. The van der Waals surface area contributed by atoms with Crippen molar-refractivity contribution in [2.24, 2.45) is 5.92 Å². The average molecular weight is 244 g/mol. The molecule has 0 bridgehead atoms. The molecular formula is C14H16N2O2. The first-order chi connectivity index (χ1) is 8.78. The fourth-order valence-electron chi connectivity index (χ4n) is 2.33. The van der Waals surface area contributed by atoms with Crippen LogP contribution in [0, 0.1) is 17.2 Å². The van der Waals surface area contributed by atoms with Crippen LogP contribution in [0.25, 0.3) is 0 Å². The summed E-state index contributed by atoms with van der Waals surface area (Å²) in [5.74, 6) is 0.800. The van der Waals surface area contributed by atoms with Crippen molar-refractivity contribution in [3.8, 4) is 11.8 Å². The second-order valence-corrected chi connectivity index (χ2v) is 4.48. The van der Waals surface area contributed by atoms with Gasteiger partial charge in [-0.3, -0.25) is 0 Å². The lowest BCUT2D eigenvalue weighted by Crippen LogP contribution is -2.36. The van der Waals surface area contributed by atoms with Crippen molar-refractivity contribution in [2.75, 3.05) is 25.1 Å². The zero-order valence-electron chi connectivity index (χ0n) is 10.4. The molecule has 1 aromatic carbocycles. The monoisotopic (exact) mass is 244 g/mol. The van der Waals surface area contributed by atoms with Crippen molar-refractivity contribution >= 4 is 12.0 Å². The molecule has 4 heteroatoms. The van der Waals surface area contributed by atoms with Crippen LogP contribution in [0.4, 0.5) is 5.69 Å². The summed E-state index contributed by atoms with van der Waals surface area (Å²) in [6.07, 6.45) is 2.93. The van der Waals surface area contributed by atoms with E-state index in [1.165, 1.54) is 0 Å². The highest BCUT2D eigenvalue weighted by Crippen LogP contribution is 2.29. The Labute approximate surface area is 107 Å². The number of hydrogen-bond donors (Lipinski definition) is 0. The van der Waals surface area contributed by atoms with E-state index in [0.29, 0.717) is 12.1 Å². The molecule has 18 heavy (non-hydrogen) atoms. The second kappa shape index (κ2) is 5.54. The predicted molar refractivity (Wildman–Crippen MR) is 68.7 cm³/mol. The Balaban J connectivity index is 2.30. The van der Waals surface area contributed by atoms with Crippen LogP contribution >= 0.6 is 0 Å². The van der Waals surface area contributed by atoms with E-state index in [9.17, 15) is 4.79 Å². The number of ether oxygens (including phenoxy) is 1. The number of carbonyl (C=O) groups is 1. The third-order valence-corrected chi connectivity index (χ3v) is 3.32. The van der Waals surface area contributed by atoms with Crippen molar-refractivity contribution in [3.05, 3.63) is 23.8 Å². The van der Waals surface area contributed by atoms with Gasteiger partial charge in [-0.15, -0.1) is 0 Å². The summed E-state index contributed by atoms with van der Waals surface area (Å²) in [4.78, 5) is 13.0. The van der Waals surface area contributed by atoms with Gasteiger partial charge in [0.2, 0.25) is 0 Å². The maximum Gasteiger partial charge on any atom is 0.124 e. The number of benzene rings is 1. The molecule has 2 rings (SSSR count). The van der Waals surface area contributed by atoms with Gasteiger partial charge in [-0.2, -0.15) is 5.26 Å². The van der Waals surface area contributed by atoms with E-state index < -0.39 is 0 Å². The zero-order chi connectivity index (χ0) is 13.0. The van der Waals surface area contributed by atoms with E-state index >= 15 is 0 Å². The standard InChI is InChI=1S/C14H16N2O2/c1-18-13-5-4-12(8-15)14(7-13)16-6-2-3-11(9-16)10-17/h4-5,7,10-11H,2-3,6,9H2,1H3. The van der Waals surface area contributed by atoms with Gasteiger partial charge in [0, 0.05) is 25.1 Å². The number of rotatable bonds is 3. The van der Waals surface area contributed by atoms with Crippen molar-refractivity contribution < 1.29 is 9.53 Å². The van der Waals surface area contributed by atoms with Crippen LogP contribution in [-0.4, -0.2) is 26.5 Å². The first kappa shape index (κ1) is 12.4. The molecule has 1 aromatic rings. The molecule has 1 unspecified atom stereocenters. The summed E-state index contributed by atoms with van der Waals surface area (Å²) in [5.41, 5.74) is 1.49. The molecule has 1 aliphatic heterocycles. The molecule has 4 nitrogen and oxygen atoms in total. The minimum Gasteiger partial charge on any atom is -0.497 e. The summed E-state index contributed by atoms with van der Waals surface area (Å²) in [6, 6.07) is 7.60. The van der Waals surface area contributed by atoms with Crippen LogP contribution in [0.3, 0.4) is 0 Å². The van der Waals surface area contributed by atoms with E-state index in [2.05, 4.69) is 11.0 Å². The lowest BCUT2D eigenvalue weighted by molar-refractivity contribution is -0.111. The molecule has 0 saturated carbocycles. The van der Waals surface area contributed by atoms with Crippen LogP contribution in [0.5, 0.6) is 5.75 Å². The molecule has 0 aromatic heterocycles. The lowest BCUT2D eigenvalue weighted by Gasteiger charge is -2.32. The van der Waals surface area contributed by atoms with Crippen molar-refractivity contribution in [3.63, 3.8) is 0 Å². The number of methoxy groups -OCH3 is 1. The maximum absolute atomic E-state index is 10.9. The van der Waals surface area contributed by atoms with Gasteiger partial charge in [-0.1, -0.05) is 0 Å². The van der Waals surface area contributed by atoms with Gasteiger partial charge in [0.1, 0.15) is 18.1 Å². The van der Waals surface area contributed by atoms with Gasteiger partial charge >= 0.3 is 0 Å². The number of aldehydes is 1. The van der Waals surface area contributed by atoms with E-state index in [1.54, 1.807) is 19.2 Å². The third kappa shape index (κ3) is 2.45. The van der Waals surface area contributed by atoms with Crippen molar-refractivity contribution in [1.82, 2.24) is 0 Å². The molecule has 0 radical (unpaired) electrons. The average Bonchev–Trinajstić information content (AvgIpc) is 2.46. The van der Waals surface area contributed by atoms with Gasteiger partial charge in [0.25, 0.3) is 0 Å². The molecule has 0 amide bonds. The number of nitrogens with zero attached hydrogens (tertiary/aromatic N) is 2. The Morgan fingerprint density at radius 2 is 2.39 bits per heavy atom. The normalized spacial score (nSPS) is 19.1. The minimum atomic E-state index is 0.0662. The molecule has 0 N–H and O–H groups in total.